The summed E-state index contributed by atoms with van der Waals surface area (Å²) in [5.74, 6) is -0.559. The number of fused-ring (bicyclic) bond motifs is 1. The van der Waals surface area contributed by atoms with Gasteiger partial charge in [-0.25, -0.2) is 0 Å². The lowest BCUT2D eigenvalue weighted by molar-refractivity contribution is -0.137. The van der Waals surface area contributed by atoms with Crippen LogP contribution in [0.2, 0.25) is 0 Å². The van der Waals surface area contributed by atoms with Crippen LogP contribution >= 0.6 is 0 Å². The third kappa shape index (κ3) is 4.14. The highest BCUT2D eigenvalue weighted by Crippen LogP contribution is 2.36. The predicted molar refractivity (Wildman–Crippen MR) is 114 cm³/mol. The molecular formula is C23H19F3N4O2. The number of benzene rings is 2. The summed E-state index contributed by atoms with van der Waals surface area (Å²) in [7, 11) is 0. The molecule has 164 valence electrons. The highest BCUT2D eigenvalue weighted by Gasteiger charge is 2.33. The topological polar surface area (TPSA) is 78.1 Å². The average Bonchev–Trinajstić information content (AvgIpc) is 3.25. The van der Waals surface area contributed by atoms with E-state index in [9.17, 15) is 22.8 Å². The van der Waals surface area contributed by atoms with Crippen LogP contribution in [0.1, 0.15) is 27.9 Å². The van der Waals surface area contributed by atoms with Crippen molar-refractivity contribution in [1.82, 2.24) is 10.2 Å². The van der Waals surface area contributed by atoms with Crippen LogP contribution in [0.4, 0.5) is 24.7 Å². The molecule has 32 heavy (non-hydrogen) atoms. The molecule has 0 spiro atoms. The summed E-state index contributed by atoms with van der Waals surface area (Å²) in [5, 5.41) is 9.07. The number of aromatic nitrogens is 2. The van der Waals surface area contributed by atoms with Gasteiger partial charge in [-0.15, -0.1) is 0 Å². The van der Waals surface area contributed by atoms with Gasteiger partial charge in [-0.05, 0) is 48.7 Å². The molecule has 1 aliphatic rings. The number of carbonyl (C=O) groups excluding carboxylic acids is 2. The van der Waals surface area contributed by atoms with E-state index in [0.717, 1.165) is 30.2 Å². The lowest BCUT2D eigenvalue weighted by Gasteiger charge is -2.28. The molecular weight excluding hydrogens is 421 g/mol. The van der Waals surface area contributed by atoms with Gasteiger partial charge in [0.1, 0.15) is 0 Å². The monoisotopic (exact) mass is 440 g/mol. The van der Waals surface area contributed by atoms with Gasteiger partial charge in [0.05, 0.1) is 11.3 Å². The fraction of sp³-hybridized carbons (Fsp3) is 0.174. The molecule has 0 aliphatic carbocycles. The largest absolute Gasteiger partial charge is 0.417 e. The lowest BCUT2D eigenvalue weighted by Crippen LogP contribution is -2.34. The molecule has 0 atom stereocenters. The van der Waals surface area contributed by atoms with Crippen LogP contribution in [-0.2, 0) is 17.4 Å². The van der Waals surface area contributed by atoms with Crippen molar-refractivity contribution >= 4 is 23.3 Å². The third-order valence-electron chi connectivity index (χ3n) is 5.24. The van der Waals surface area contributed by atoms with E-state index in [4.69, 9.17) is 0 Å². The molecule has 0 saturated heterocycles. The molecule has 0 bridgehead atoms. The summed E-state index contributed by atoms with van der Waals surface area (Å²) >= 11 is 0. The smallest absolute Gasteiger partial charge is 0.309 e. The van der Waals surface area contributed by atoms with Crippen LogP contribution < -0.4 is 10.2 Å². The number of H-pyrrole nitrogens is 1. The first-order valence-corrected chi connectivity index (χ1v) is 9.88. The normalized spacial score (nSPS) is 13.4. The molecule has 0 radical (unpaired) electrons. The molecule has 2 amide bonds. The van der Waals surface area contributed by atoms with E-state index < -0.39 is 17.6 Å². The molecule has 3 aromatic rings. The number of carbonyl (C=O) groups is 2. The number of aryl methyl sites for hydroxylation is 1. The summed E-state index contributed by atoms with van der Waals surface area (Å²) in [6, 6.07) is 11.5. The zero-order valence-electron chi connectivity index (χ0n) is 16.9. The molecule has 9 heteroatoms. The number of hydrogen-bond acceptors (Lipinski definition) is 3. The van der Waals surface area contributed by atoms with Crippen molar-refractivity contribution in [3.05, 3.63) is 77.9 Å². The van der Waals surface area contributed by atoms with E-state index in [1.807, 2.05) is 0 Å². The van der Waals surface area contributed by atoms with Gasteiger partial charge in [-0.3, -0.25) is 14.7 Å². The second kappa shape index (κ2) is 8.33. The Bertz CT molecular complexity index is 1200. The highest BCUT2D eigenvalue weighted by molar-refractivity contribution is 6.06. The van der Waals surface area contributed by atoms with Crippen LogP contribution in [0.3, 0.4) is 0 Å². The quantitative estimate of drug-likeness (QED) is 0.572. The summed E-state index contributed by atoms with van der Waals surface area (Å²) < 4.78 is 39.8. The van der Waals surface area contributed by atoms with E-state index in [1.54, 1.807) is 23.1 Å². The van der Waals surface area contributed by atoms with Crippen molar-refractivity contribution in [1.29, 1.82) is 0 Å². The van der Waals surface area contributed by atoms with Gasteiger partial charge in [0.2, 0.25) is 5.91 Å². The summed E-state index contributed by atoms with van der Waals surface area (Å²) in [4.78, 5) is 26.4. The van der Waals surface area contributed by atoms with Gasteiger partial charge in [-0.2, -0.15) is 18.3 Å². The number of anilines is 2. The number of rotatable bonds is 4. The molecule has 1 aromatic heterocycles. The molecule has 0 saturated carbocycles. The Hall–Kier alpha value is -3.88. The zero-order valence-corrected chi connectivity index (χ0v) is 16.9. The summed E-state index contributed by atoms with van der Waals surface area (Å²) in [5.41, 5.74) is 1.24. The summed E-state index contributed by atoms with van der Waals surface area (Å²) in [6.07, 6.45) is -1.78. The van der Waals surface area contributed by atoms with Gasteiger partial charge < -0.3 is 10.2 Å². The minimum absolute atomic E-state index is 0.0613. The fourth-order valence-electron chi connectivity index (χ4n) is 3.75. The van der Waals surface area contributed by atoms with E-state index >= 15 is 0 Å². The Morgan fingerprint density at radius 1 is 1.16 bits per heavy atom. The maximum atomic E-state index is 13.3. The van der Waals surface area contributed by atoms with Crippen LogP contribution in [0, 0.1) is 0 Å². The van der Waals surface area contributed by atoms with E-state index in [-0.39, 0.29) is 23.0 Å². The number of aromatic amines is 1. The Morgan fingerprint density at radius 3 is 2.69 bits per heavy atom. The minimum Gasteiger partial charge on any atom is -0.309 e. The number of nitrogens with one attached hydrogen (secondary N) is 2. The fourth-order valence-corrected chi connectivity index (χ4v) is 3.75. The Kier molecular flexibility index (Phi) is 5.56. The van der Waals surface area contributed by atoms with E-state index in [1.165, 1.54) is 30.3 Å². The zero-order chi connectivity index (χ0) is 22.9. The van der Waals surface area contributed by atoms with Gasteiger partial charge in [0.25, 0.3) is 5.91 Å². The molecule has 0 fully saturated rings. The Labute approximate surface area is 181 Å². The number of halogens is 3. The molecule has 2 N–H and O–H groups in total. The average molecular weight is 440 g/mol. The third-order valence-corrected chi connectivity index (χ3v) is 5.24. The second-order valence-electron chi connectivity index (χ2n) is 7.31. The van der Waals surface area contributed by atoms with Gasteiger partial charge in [-0.1, -0.05) is 24.8 Å². The first kappa shape index (κ1) is 21.4. The second-order valence-corrected chi connectivity index (χ2v) is 7.31. The standard InChI is InChI=1S/C23H19F3N4O2/c1-2-21(31)30-11-5-6-14-12-15(9-10-19(14)30)22(32)27-20-13-18(28-29-20)16-7-3-4-8-17(16)23(24,25)26/h2-4,7-10,12-13H,1,5-6,11H2,(H2,27,28,29,32). The van der Waals surface area contributed by atoms with E-state index in [0.29, 0.717) is 12.1 Å². The van der Waals surface area contributed by atoms with Crippen molar-refractivity contribution in [2.45, 2.75) is 19.0 Å². The molecule has 0 unspecified atom stereocenters. The molecule has 2 heterocycles. The number of amides is 2. The molecule has 6 nitrogen and oxygen atoms in total. The van der Waals surface area contributed by atoms with Crippen LogP contribution in [0.25, 0.3) is 11.3 Å². The maximum Gasteiger partial charge on any atom is 0.417 e. The molecule has 2 aromatic carbocycles. The summed E-state index contributed by atoms with van der Waals surface area (Å²) in [6.45, 7) is 4.10. The van der Waals surface area contributed by atoms with Crippen LogP contribution in [0.15, 0.2) is 61.2 Å². The molecule has 4 rings (SSSR count). The predicted octanol–water partition coefficient (Wildman–Crippen LogP) is 4.81. The number of alkyl halides is 3. The van der Waals surface area contributed by atoms with Crippen LogP contribution in [-0.4, -0.2) is 28.6 Å². The SMILES string of the molecule is C=CC(=O)N1CCCc2cc(C(=O)Nc3cc(-c4ccccc4C(F)(F)F)[nH]n3)ccc21. The lowest BCUT2D eigenvalue weighted by atomic mass is 9.98. The van der Waals surface area contributed by atoms with Crippen molar-refractivity contribution < 1.29 is 22.8 Å². The number of hydrogen-bond donors (Lipinski definition) is 2. The van der Waals surface area contributed by atoms with Gasteiger partial charge >= 0.3 is 6.18 Å². The van der Waals surface area contributed by atoms with E-state index in [2.05, 4.69) is 22.1 Å². The minimum atomic E-state index is -4.52. The van der Waals surface area contributed by atoms with Gasteiger partial charge in [0.15, 0.2) is 5.82 Å². The Balaban J connectivity index is 1.55. The first-order chi connectivity index (χ1) is 15.3. The molecule has 1 aliphatic heterocycles. The van der Waals surface area contributed by atoms with Crippen molar-refractivity contribution in [3.63, 3.8) is 0 Å². The Morgan fingerprint density at radius 2 is 1.94 bits per heavy atom. The van der Waals surface area contributed by atoms with Crippen LogP contribution in [0.5, 0.6) is 0 Å². The highest BCUT2D eigenvalue weighted by atomic mass is 19.4. The van der Waals surface area contributed by atoms with Crippen molar-refractivity contribution in [2.75, 3.05) is 16.8 Å². The first-order valence-electron chi connectivity index (χ1n) is 9.88. The van der Waals surface area contributed by atoms with Gasteiger partial charge in [0, 0.05) is 29.4 Å². The van der Waals surface area contributed by atoms with Crippen molar-refractivity contribution in [2.24, 2.45) is 0 Å². The van der Waals surface area contributed by atoms with Crippen molar-refractivity contribution in [3.8, 4) is 11.3 Å². The maximum absolute atomic E-state index is 13.3. The number of nitrogens with zero attached hydrogens (tertiary/aromatic N) is 2.